The summed E-state index contributed by atoms with van der Waals surface area (Å²) in [6, 6.07) is 8.29. The second-order valence-corrected chi connectivity index (χ2v) is 6.25. The Balaban J connectivity index is 1.94. The van der Waals surface area contributed by atoms with E-state index in [2.05, 4.69) is 35.8 Å². The van der Waals surface area contributed by atoms with Crippen molar-refractivity contribution in [2.45, 2.75) is 38.7 Å². The topological polar surface area (TPSA) is 35.9 Å². The van der Waals surface area contributed by atoms with Crippen LogP contribution in [0, 0.1) is 0 Å². The van der Waals surface area contributed by atoms with Gasteiger partial charge in [-0.25, -0.2) is 0 Å². The molecule has 0 radical (unpaired) electrons. The van der Waals surface area contributed by atoms with Crippen LogP contribution in [0.4, 0.5) is 5.69 Å². The van der Waals surface area contributed by atoms with Gasteiger partial charge in [-0.15, -0.1) is 0 Å². The maximum Gasteiger partial charge on any atom is 0.119 e. The lowest BCUT2D eigenvalue weighted by Gasteiger charge is -2.32. The van der Waals surface area contributed by atoms with Crippen LogP contribution >= 0.6 is 0 Å². The van der Waals surface area contributed by atoms with Crippen molar-refractivity contribution < 1.29 is 9.84 Å². The van der Waals surface area contributed by atoms with Gasteiger partial charge < -0.3 is 14.7 Å². The van der Waals surface area contributed by atoms with E-state index in [0.717, 1.165) is 57.7 Å². The molecule has 0 aliphatic carbocycles. The fourth-order valence-electron chi connectivity index (χ4n) is 3.07. The van der Waals surface area contributed by atoms with Crippen LogP contribution in [-0.2, 0) is 0 Å². The number of ether oxygens (including phenoxy) is 1. The van der Waals surface area contributed by atoms with Gasteiger partial charge in [0.15, 0.2) is 0 Å². The monoisotopic (exact) mass is 306 g/mol. The molecule has 0 aromatic heterocycles. The zero-order valence-electron chi connectivity index (χ0n) is 14.2. The van der Waals surface area contributed by atoms with E-state index in [4.69, 9.17) is 4.74 Å². The molecule has 124 valence electrons. The number of methoxy groups -OCH3 is 1. The first kappa shape index (κ1) is 17.1. The fourth-order valence-corrected chi connectivity index (χ4v) is 3.07. The van der Waals surface area contributed by atoms with Crippen LogP contribution in [0.25, 0.3) is 0 Å². The molecule has 1 aromatic rings. The Morgan fingerprint density at radius 2 is 1.73 bits per heavy atom. The SMILES string of the molecule is CCC(O)(CC)CN1CCCN(c2ccc(OC)cc2)CC1. The van der Waals surface area contributed by atoms with Crippen molar-refractivity contribution in [2.24, 2.45) is 0 Å². The first-order chi connectivity index (χ1) is 10.6. The van der Waals surface area contributed by atoms with Crippen LogP contribution in [0.5, 0.6) is 5.75 Å². The molecule has 0 saturated carbocycles. The number of nitrogens with zero attached hydrogens (tertiary/aromatic N) is 2. The highest BCUT2D eigenvalue weighted by molar-refractivity contribution is 5.49. The molecule has 1 fully saturated rings. The third-order valence-corrected chi connectivity index (χ3v) is 4.86. The Bertz CT molecular complexity index is 443. The normalized spacial score (nSPS) is 17.4. The van der Waals surface area contributed by atoms with Crippen molar-refractivity contribution in [1.29, 1.82) is 0 Å². The highest BCUT2D eigenvalue weighted by atomic mass is 16.5. The second-order valence-electron chi connectivity index (χ2n) is 6.25. The zero-order valence-corrected chi connectivity index (χ0v) is 14.2. The predicted molar refractivity (Wildman–Crippen MR) is 91.8 cm³/mol. The summed E-state index contributed by atoms with van der Waals surface area (Å²) in [6.45, 7) is 9.09. The minimum Gasteiger partial charge on any atom is -0.497 e. The number of hydrogen-bond acceptors (Lipinski definition) is 4. The summed E-state index contributed by atoms with van der Waals surface area (Å²) >= 11 is 0. The Morgan fingerprint density at radius 1 is 1.05 bits per heavy atom. The lowest BCUT2D eigenvalue weighted by molar-refractivity contribution is -0.00168. The molecule has 0 atom stereocenters. The molecular weight excluding hydrogens is 276 g/mol. The Labute approximate surface area is 134 Å². The molecule has 1 aliphatic heterocycles. The van der Waals surface area contributed by atoms with Crippen LogP contribution in [0.3, 0.4) is 0 Å². The predicted octanol–water partition coefficient (Wildman–Crippen LogP) is 2.76. The average molecular weight is 306 g/mol. The van der Waals surface area contributed by atoms with Crippen LogP contribution in [0.1, 0.15) is 33.1 Å². The number of aliphatic hydroxyl groups is 1. The minimum atomic E-state index is -0.532. The van der Waals surface area contributed by atoms with Gasteiger partial charge in [0.05, 0.1) is 12.7 Å². The average Bonchev–Trinajstić information content (AvgIpc) is 2.80. The summed E-state index contributed by atoms with van der Waals surface area (Å²) < 4.78 is 5.22. The van der Waals surface area contributed by atoms with Gasteiger partial charge in [0.2, 0.25) is 0 Å². The van der Waals surface area contributed by atoms with Gasteiger partial charge in [0.25, 0.3) is 0 Å². The number of hydrogen-bond donors (Lipinski definition) is 1. The van der Waals surface area contributed by atoms with Crippen molar-refractivity contribution in [3.63, 3.8) is 0 Å². The molecule has 1 aromatic carbocycles. The fraction of sp³-hybridized carbons (Fsp3) is 0.667. The molecule has 1 N–H and O–H groups in total. The second kappa shape index (κ2) is 7.84. The quantitative estimate of drug-likeness (QED) is 0.877. The summed E-state index contributed by atoms with van der Waals surface area (Å²) in [4.78, 5) is 4.84. The van der Waals surface area contributed by atoms with E-state index in [1.54, 1.807) is 7.11 Å². The van der Waals surface area contributed by atoms with Crippen molar-refractivity contribution in [2.75, 3.05) is 44.7 Å². The van der Waals surface area contributed by atoms with Crippen LogP contribution in [0.15, 0.2) is 24.3 Å². The van der Waals surface area contributed by atoms with E-state index in [1.165, 1.54) is 5.69 Å². The smallest absolute Gasteiger partial charge is 0.119 e. The molecule has 0 unspecified atom stereocenters. The van der Waals surface area contributed by atoms with Crippen LogP contribution < -0.4 is 9.64 Å². The summed E-state index contributed by atoms with van der Waals surface area (Å²) in [6.07, 6.45) is 2.78. The maximum absolute atomic E-state index is 10.5. The Hall–Kier alpha value is -1.26. The van der Waals surface area contributed by atoms with Crippen molar-refractivity contribution in [3.05, 3.63) is 24.3 Å². The van der Waals surface area contributed by atoms with E-state index in [9.17, 15) is 5.11 Å². The van der Waals surface area contributed by atoms with Crippen LogP contribution in [0.2, 0.25) is 0 Å². The van der Waals surface area contributed by atoms with E-state index in [0.29, 0.717) is 0 Å². The van der Waals surface area contributed by atoms with Gasteiger partial charge in [-0.3, -0.25) is 4.90 Å². The van der Waals surface area contributed by atoms with Gasteiger partial charge in [0, 0.05) is 38.4 Å². The summed E-state index contributed by atoms with van der Waals surface area (Å²) in [5.74, 6) is 0.899. The largest absolute Gasteiger partial charge is 0.497 e. The van der Waals surface area contributed by atoms with Crippen molar-refractivity contribution >= 4 is 5.69 Å². The third kappa shape index (κ3) is 4.37. The van der Waals surface area contributed by atoms with E-state index in [-0.39, 0.29) is 0 Å². The lowest BCUT2D eigenvalue weighted by atomic mass is 9.97. The maximum atomic E-state index is 10.5. The molecule has 0 bridgehead atoms. The van der Waals surface area contributed by atoms with Gasteiger partial charge in [-0.1, -0.05) is 13.8 Å². The number of benzene rings is 1. The summed E-state index contributed by atoms with van der Waals surface area (Å²) in [5, 5.41) is 10.5. The molecule has 1 heterocycles. The van der Waals surface area contributed by atoms with Crippen LogP contribution in [-0.4, -0.2) is 55.4 Å². The minimum absolute atomic E-state index is 0.532. The standard InChI is InChI=1S/C18H30N2O2/c1-4-18(21,5-2)15-19-11-6-12-20(14-13-19)16-7-9-17(22-3)10-8-16/h7-10,21H,4-6,11-15H2,1-3H3. The Kier molecular flexibility index (Phi) is 6.09. The van der Waals surface area contributed by atoms with Crippen molar-refractivity contribution in [1.82, 2.24) is 4.90 Å². The summed E-state index contributed by atoms with van der Waals surface area (Å²) in [5.41, 5.74) is 0.721. The molecule has 0 spiro atoms. The molecule has 0 amide bonds. The molecule has 4 nitrogen and oxygen atoms in total. The van der Waals surface area contributed by atoms with Gasteiger partial charge in [-0.2, -0.15) is 0 Å². The summed E-state index contributed by atoms with van der Waals surface area (Å²) in [7, 11) is 1.70. The number of anilines is 1. The number of β-amino-alcohol motifs (C(OH)–C–C–N with tert-alkyl or cyclic N) is 1. The third-order valence-electron chi connectivity index (χ3n) is 4.86. The van der Waals surface area contributed by atoms with Crippen molar-refractivity contribution in [3.8, 4) is 5.75 Å². The highest BCUT2D eigenvalue weighted by Crippen LogP contribution is 2.22. The van der Waals surface area contributed by atoms with E-state index in [1.807, 2.05) is 12.1 Å². The molecule has 1 saturated heterocycles. The first-order valence-electron chi connectivity index (χ1n) is 8.44. The highest BCUT2D eigenvalue weighted by Gasteiger charge is 2.26. The van der Waals surface area contributed by atoms with Gasteiger partial charge in [-0.05, 0) is 43.5 Å². The molecule has 22 heavy (non-hydrogen) atoms. The lowest BCUT2D eigenvalue weighted by Crippen LogP contribution is -2.43. The first-order valence-corrected chi connectivity index (χ1v) is 8.44. The molecule has 2 rings (SSSR count). The molecular formula is C18H30N2O2. The molecule has 4 heteroatoms. The molecule has 1 aliphatic rings. The Morgan fingerprint density at radius 3 is 2.32 bits per heavy atom. The van der Waals surface area contributed by atoms with Gasteiger partial charge in [0.1, 0.15) is 5.75 Å². The van der Waals surface area contributed by atoms with E-state index < -0.39 is 5.60 Å². The van der Waals surface area contributed by atoms with Gasteiger partial charge >= 0.3 is 0 Å². The zero-order chi connectivity index (χ0) is 16.0. The number of rotatable bonds is 6. The van der Waals surface area contributed by atoms with E-state index >= 15 is 0 Å².